The highest BCUT2D eigenvalue weighted by molar-refractivity contribution is 5.99. The molecule has 0 aromatic heterocycles. The smallest absolute Gasteiger partial charge is 0.179 e. The summed E-state index contributed by atoms with van der Waals surface area (Å²) < 4.78 is 0. The summed E-state index contributed by atoms with van der Waals surface area (Å²) >= 11 is 0. The number of hydrogen-bond acceptors (Lipinski definition) is 2. The highest BCUT2D eigenvalue weighted by Gasteiger charge is 2.17. The van der Waals surface area contributed by atoms with Gasteiger partial charge in [0.25, 0.3) is 0 Å². The maximum atomic E-state index is 12.2. The summed E-state index contributed by atoms with van der Waals surface area (Å²) in [6, 6.07) is 19.5. The van der Waals surface area contributed by atoms with E-state index in [0.717, 1.165) is 5.56 Å². The van der Waals surface area contributed by atoms with Crippen molar-refractivity contribution in [1.29, 1.82) is 0 Å². The van der Waals surface area contributed by atoms with Gasteiger partial charge in [-0.2, -0.15) is 0 Å². The van der Waals surface area contributed by atoms with Gasteiger partial charge in [-0.05, 0) is 19.4 Å². The van der Waals surface area contributed by atoms with Crippen molar-refractivity contribution >= 4 is 18.2 Å². The van der Waals surface area contributed by atoms with Gasteiger partial charge in [-0.3, -0.25) is 4.79 Å². The molecule has 2 aromatic rings. The summed E-state index contributed by atoms with van der Waals surface area (Å²) in [5.41, 5.74) is 1.94. The lowest BCUT2D eigenvalue weighted by Gasteiger charge is -2.19. The molecule has 20 heavy (non-hydrogen) atoms. The molecule has 2 nitrogen and oxygen atoms in total. The van der Waals surface area contributed by atoms with Crippen LogP contribution in [0.25, 0.3) is 0 Å². The predicted octanol–water partition coefficient (Wildman–Crippen LogP) is 4.03. The Hall–Kier alpha value is -1.64. The molecule has 0 spiro atoms. The average Bonchev–Trinajstić information content (AvgIpc) is 2.48. The van der Waals surface area contributed by atoms with Crippen molar-refractivity contribution in [2.24, 2.45) is 0 Å². The van der Waals surface area contributed by atoms with E-state index in [1.165, 1.54) is 5.56 Å². The Morgan fingerprint density at radius 2 is 1.40 bits per heavy atom. The summed E-state index contributed by atoms with van der Waals surface area (Å²) in [7, 11) is 0. The molecule has 0 aliphatic rings. The molecule has 0 heterocycles. The molecular formula is C17H20ClNO. The minimum absolute atomic E-state index is 0. The molecule has 106 valence electrons. The van der Waals surface area contributed by atoms with Crippen molar-refractivity contribution in [3.63, 3.8) is 0 Å². The molecule has 0 bridgehead atoms. The fraction of sp³-hybridized carbons (Fsp3) is 0.235. The number of rotatable bonds is 5. The van der Waals surface area contributed by atoms with Gasteiger partial charge in [-0.25, -0.2) is 0 Å². The van der Waals surface area contributed by atoms with Gasteiger partial charge in [-0.15, -0.1) is 12.4 Å². The van der Waals surface area contributed by atoms with Crippen LogP contribution in [0.2, 0.25) is 0 Å². The van der Waals surface area contributed by atoms with Gasteiger partial charge in [0.1, 0.15) is 0 Å². The number of Topliss-reactive ketones (excluding diaryl/α,β-unsaturated/α-hetero) is 1. The molecule has 2 atom stereocenters. The quantitative estimate of drug-likeness (QED) is 0.842. The zero-order chi connectivity index (χ0) is 13.7. The Labute approximate surface area is 126 Å². The van der Waals surface area contributed by atoms with Crippen molar-refractivity contribution in [2.75, 3.05) is 0 Å². The number of halogens is 1. The van der Waals surface area contributed by atoms with E-state index < -0.39 is 0 Å². The molecule has 0 saturated carbocycles. The molecule has 2 aromatic carbocycles. The van der Waals surface area contributed by atoms with Crippen molar-refractivity contribution in [2.45, 2.75) is 25.9 Å². The summed E-state index contributed by atoms with van der Waals surface area (Å²) in [6.07, 6.45) is 0. The van der Waals surface area contributed by atoms with E-state index in [9.17, 15) is 4.79 Å². The topological polar surface area (TPSA) is 29.1 Å². The highest BCUT2D eigenvalue weighted by atomic mass is 35.5. The molecule has 1 unspecified atom stereocenters. The number of hydrogen-bond donors (Lipinski definition) is 1. The SMILES string of the molecule is CC(N[C@@H](C)C(=O)c1ccccc1)c1ccccc1.Cl. The largest absolute Gasteiger partial charge is 0.301 e. The lowest BCUT2D eigenvalue weighted by molar-refractivity contribution is 0.0945. The summed E-state index contributed by atoms with van der Waals surface area (Å²) in [6.45, 7) is 3.98. The first-order valence-electron chi connectivity index (χ1n) is 6.58. The molecule has 0 saturated heterocycles. The zero-order valence-electron chi connectivity index (χ0n) is 11.7. The monoisotopic (exact) mass is 289 g/mol. The predicted molar refractivity (Wildman–Crippen MR) is 85.5 cm³/mol. The molecule has 0 fully saturated rings. The van der Waals surface area contributed by atoms with Gasteiger partial charge >= 0.3 is 0 Å². The fourth-order valence-corrected chi connectivity index (χ4v) is 2.14. The number of carbonyl (C=O) groups excluding carboxylic acids is 1. The number of nitrogens with one attached hydrogen (secondary N) is 1. The highest BCUT2D eigenvalue weighted by Crippen LogP contribution is 2.13. The van der Waals surface area contributed by atoms with Crippen LogP contribution in [0.15, 0.2) is 60.7 Å². The first-order chi connectivity index (χ1) is 9.18. The van der Waals surface area contributed by atoms with Crippen molar-refractivity contribution in [3.8, 4) is 0 Å². The number of carbonyl (C=O) groups is 1. The van der Waals surface area contributed by atoms with Crippen molar-refractivity contribution in [1.82, 2.24) is 5.32 Å². The second kappa shape index (κ2) is 7.83. The number of ketones is 1. The molecule has 3 heteroatoms. The third kappa shape index (κ3) is 4.19. The summed E-state index contributed by atoms with van der Waals surface area (Å²) in [5, 5.41) is 3.34. The van der Waals surface area contributed by atoms with Gasteiger partial charge in [-0.1, -0.05) is 60.7 Å². The van der Waals surface area contributed by atoms with Crippen LogP contribution in [0.5, 0.6) is 0 Å². The maximum absolute atomic E-state index is 12.2. The van der Waals surface area contributed by atoms with Gasteiger partial charge in [0, 0.05) is 11.6 Å². The first kappa shape index (κ1) is 16.4. The molecular weight excluding hydrogens is 270 g/mol. The Balaban J connectivity index is 0.00000200. The molecule has 0 amide bonds. The summed E-state index contributed by atoms with van der Waals surface area (Å²) in [4.78, 5) is 12.2. The van der Waals surface area contributed by atoms with Crippen LogP contribution in [-0.4, -0.2) is 11.8 Å². The Morgan fingerprint density at radius 1 is 0.900 bits per heavy atom. The zero-order valence-corrected chi connectivity index (χ0v) is 12.6. The van der Waals surface area contributed by atoms with E-state index in [1.807, 2.05) is 55.5 Å². The molecule has 0 aliphatic heterocycles. The van der Waals surface area contributed by atoms with E-state index in [1.54, 1.807) is 0 Å². The second-order valence-electron chi connectivity index (χ2n) is 4.75. The van der Waals surface area contributed by atoms with E-state index in [2.05, 4.69) is 24.4 Å². The minimum atomic E-state index is -0.197. The van der Waals surface area contributed by atoms with E-state index >= 15 is 0 Å². The van der Waals surface area contributed by atoms with E-state index in [0.29, 0.717) is 0 Å². The molecule has 0 aliphatic carbocycles. The van der Waals surface area contributed by atoms with Crippen LogP contribution in [0.1, 0.15) is 35.8 Å². The van der Waals surface area contributed by atoms with Gasteiger partial charge in [0.15, 0.2) is 5.78 Å². The first-order valence-corrected chi connectivity index (χ1v) is 6.58. The average molecular weight is 290 g/mol. The lowest BCUT2D eigenvalue weighted by atomic mass is 10.0. The van der Waals surface area contributed by atoms with E-state index in [-0.39, 0.29) is 30.3 Å². The van der Waals surface area contributed by atoms with Crippen molar-refractivity contribution < 1.29 is 4.79 Å². The third-order valence-electron chi connectivity index (χ3n) is 3.25. The Kier molecular flexibility index (Phi) is 6.43. The van der Waals surface area contributed by atoms with Crippen LogP contribution in [0, 0.1) is 0 Å². The second-order valence-corrected chi connectivity index (χ2v) is 4.75. The standard InChI is InChI=1S/C17H19NO.ClH/c1-13(15-9-5-3-6-10-15)18-14(2)17(19)16-11-7-4-8-12-16;/h3-14,18H,1-2H3;1H/t13?,14-;/m0./s1. The van der Waals surface area contributed by atoms with Crippen molar-refractivity contribution in [3.05, 3.63) is 71.8 Å². The Bertz CT molecular complexity index is 527. The van der Waals surface area contributed by atoms with Gasteiger partial charge in [0.2, 0.25) is 0 Å². The normalized spacial score (nSPS) is 13.1. The summed E-state index contributed by atoms with van der Waals surface area (Å²) in [5.74, 6) is 0.128. The van der Waals surface area contributed by atoms with Gasteiger partial charge in [0.05, 0.1) is 6.04 Å². The van der Waals surface area contributed by atoms with Crippen LogP contribution in [-0.2, 0) is 0 Å². The minimum Gasteiger partial charge on any atom is -0.301 e. The van der Waals surface area contributed by atoms with Gasteiger partial charge < -0.3 is 5.32 Å². The number of benzene rings is 2. The lowest BCUT2D eigenvalue weighted by Crippen LogP contribution is -2.35. The van der Waals surface area contributed by atoms with Crippen LogP contribution in [0.4, 0.5) is 0 Å². The fourth-order valence-electron chi connectivity index (χ4n) is 2.14. The third-order valence-corrected chi connectivity index (χ3v) is 3.25. The van der Waals surface area contributed by atoms with E-state index in [4.69, 9.17) is 0 Å². The van der Waals surface area contributed by atoms with Crippen LogP contribution >= 0.6 is 12.4 Å². The maximum Gasteiger partial charge on any atom is 0.179 e. The molecule has 1 N–H and O–H groups in total. The molecule has 0 radical (unpaired) electrons. The van der Waals surface area contributed by atoms with Crippen LogP contribution < -0.4 is 5.32 Å². The molecule has 2 rings (SSSR count). The Morgan fingerprint density at radius 3 is 1.95 bits per heavy atom. The van der Waals surface area contributed by atoms with Crippen LogP contribution in [0.3, 0.4) is 0 Å².